The van der Waals surface area contributed by atoms with Gasteiger partial charge in [0, 0.05) is 4.88 Å². The van der Waals surface area contributed by atoms with Crippen molar-refractivity contribution in [1.29, 1.82) is 0 Å². The minimum atomic E-state index is 1.07. The van der Waals surface area contributed by atoms with Crippen molar-refractivity contribution < 1.29 is 0 Å². The lowest BCUT2D eigenvalue weighted by molar-refractivity contribution is 0.808. The highest BCUT2D eigenvalue weighted by atomic mass is 32.1. The highest BCUT2D eigenvalue weighted by Crippen LogP contribution is 2.21. The summed E-state index contributed by atoms with van der Waals surface area (Å²) >= 11 is 1.91. The largest absolute Gasteiger partial charge is 0.246 e. The normalized spacial score (nSPS) is 10.8. The Bertz CT molecular complexity index is 452. The number of aryl methyl sites for hydroxylation is 4. The van der Waals surface area contributed by atoms with E-state index in [4.69, 9.17) is 4.98 Å². The molecule has 1 aromatic carbocycles. The van der Waals surface area contributed by atoms with Gasteiger partial charge in [0.1, 0.15) is 0 Å². The Hall–Kier alpha value is -1.15. The van der Waals surface area contributed by atoms with Crippen molar-refractivity contribution in [2.24, 2.45) is 0 Å². The molecule has 2 heteroatoms. The van der Waals surface area contributed by atoms with Crippen LogP contribution in [-0.2, 0) is 25.7 Å². The number of benzene rings is 1. The molecule has 0 fully saturated rings. The molecule has 0 N–H and O–H groups in total. The highest BCUT2D eigenvalue weighted by Gasteiger charge is 2.07. The average Bonchev–Trinajstić information content (AvgIpc) is 2.82. The summed E-state index contributed by atoms with van der Waals surface area (Å²) in [6.45, 7) is 4.42. The first-order valence-electron chi connectivity index (χ1n) is 6.84. The van der Waals surface area contributed by atoms with Crippen LogP contribution in [0.1, 0.15) is 41.4 Å². The van der Waals surface area contributed by atoms with Gasteiger partial charge in [0.25, 0.3) is 0 Å². The summed E-state index contributed by atoms with van der Waals surface area (Å²) in [7, 11) is 0. The third-order valence-corrected chi connectivity index (χ3v) is 4.48. The zero-order valence-corrected chi connectivity index (χ0v) is 12.1. The number of rotatable bonds is 6. The van der Waals surface area contributed by atoms with E-state index >= 15 is 0 Å². The van der Waals surface area contributed by atoms with Crippen LogP contribution in [-0.4, -0.2) is 4.98 Å². The van der Waals surface area contributed by atoms with Crippen LogP contribution in [0.25, 0.3) is 0 Å². The lowest BCUT2D eigenvalue weighted by atomic mass is 10.1. The molecule has 1 heterocycles. The molecule has 0 saturated heterocycles. The third-order valence-electron chi connectivity index (χ3n) is 3.18. The molecule has 0 atom stereocenters. The second-order valence-electron chi connectivity index (χ2n) is 4.52. The number of nitrogens with zero attached hydrogens (tertiary/aromatic N) is 1. The van der Waals surface area contributed by atoms with E-state index in [0.29, 0.717) is 0 Å². The Morgan fingerprint density at radius 2 is 1.78 bits per heavy atom. The average molecular weight is 259 g/mol. The van der Waals surface area contributed by atoms with Gasteiger partial charge in [0.15, 0.2) is 0 Å². The Kier molecular flexibility index (Phi) is 4.94. The van der Waals surface area contributed by atoms with E-state index in [0.717, 1.165) is 25.7 Å². The lowest BCUT2D eigenvalue weighted by Crippen LogP contribution is -1.90. The van der Waals surface area contributed by atoms with Crippen LogP contribution in [0.3, 0.4) is 0 Å². The van der Waals surface area contributed by atoms with Gasteiger partial charge in [0.2, 0.25) is 0 Å². The van der Waals surface area contributed by atoms with Crippen molar-refractivity contribution in [2.75, 3.05) is 0 Å². The molecule has 2 aromatic rings. The maximum atomic E-state index is 4.75. The van der Waals surface area contributed by atoms with Gasteiger partial charge in [-0.05, 0) is 37.7 Å². The predicted octanol–water partition coefficient (Wildman–Crippen LogP) is 4.44. The molecule has 0 bridgehead atoms. The van der Waals surface area contributed by atoms with Crippen molar-refractivity contribution in [3.05, 3.63) is 51.5 Å². The van der Waals surface area contributed by atoms with Gasteiger partial charge in [0.05, 0.1) is 10.7 Å². The van der Waals surface area contributed by atoms with Crippen molar-refractivity contribution in [3.8, 4) is 0 Å². The minimum Gasteiger partial charge on any atom is -0.246 e. The molecule has 1 nitrogen and oxygen atoms in total. The first-order chi connectivity index (χ1) is 8.83. The molecule has 0 radical (unpaired) electrons. The summed E-state index contributed by atoms with van der Waals surface area (Å²) < 4.78 is 0. The van der Waals surface area contributed by atoms with E-state index < -0.39 is 0 Å². The molecule has 0 aliphatic heterocycles. The van der Waals surface area contributed by atoms with E-state index in [1.54, 1.807) is 0 Å². The van der Waals surface area contributed by atoms with E-state index in [1.165, 1.54) is 27.6 Å². The van der Waals surface area contributed by atoms with Gasteiger partial charge in [-0.1, -0.05) is 44.2 Å². The smallest absolute Gasteiger partial charge is 0.0931 e. The van der Waals surface area contributed by atoms with E-state index in [-0.39, 0.29) is 0 Å². The summed E-state index contributed by atoms with van der Waals surface area (Å²) in [6, 6.07) is 10.7. The van der Waals surface area contributed by atoms with Crippen molar-refractivity contribution in [3.63, 3.8) is 0 Å². The molecule has 0 aliphatic rings. The molecule has 18 heavy (non-hydrogen) atoms. The maximum absolute atomic E-state index is 4.75. The molecule has 0 aliphatic carbocycles. The molecule has 0 spiro atoms. The summed E-state index contributed by atoms with van der Waals surface area (Å²) in [6.07, 6.45) is 5.66. The highest BCUT2D eigenvalue weighted by molar-refractivity contribution is 7.11. The van der Waals surface area contributed by atoms with Gasteiger partial charge >= 0.3 is 0 Å². The molecule has 1 aromatic heterocycles. The second kappa shape index (κ2) is 6.69. The second-order valence-corrected chi connectivity index (χ2v) is 5.69. The Balaban J connectivity index is 1.88. The Morgan fingerprint density at radius 3 is 2.39 bits per heavy atom. The molecular formula is C16H21NS. The van der Waals surface area contributed by atoms with Crippen LogP contribution >= 0.6 is 11.3 Å². The SMILES string of the molecule is CCc1nc(CCCc2ccccc2)sc1CC. The minimum absolute atomic E-state index is 1.07. The van der Waals surface area contributed by atoms with Crippen LogP contribution in [0, 0.1) is 0 Å². The van der Waals surface area contributed by atoms with Gasteiger partial charge in [-0.15, -0.1) is 11.3 Å². The maximum Gasteiger partial charge on any atom is 0.0931 e. The topological polar surface area (TPSA) is 12.9 Å². The van der Waals surface area contributed by atoms with Crippen molar-refractivity contribution in [2.45, 2.75) is 46.0 Å². The zero-order valence-electron chi connectivity index (χ0n) is 11.3. The van der Waals surface area contributed by atoms with E-state index in [9.17, 15) is 0 Å². The number of aromatic nitrogens is 1. The molecule has 0 saturated carbocycles. The van der Waals surface area contributed by atoms with Gasteiger partial charge in [-0.25, -0.2) is 4.98 Å². The van der Waals surface area contributed by atoms with E-state index in [2.05, 4.69) is 44.2 Å². The van der Waals surface area contributed by atoms with Crippen LogP contribution < -0.4 is 0 Å². The molecule has 0 unspecified atom stereocenters. The van der Waals surface area contributed by atoms with Crippen LogP contribution in [0.2, 0.25) is 0 Å². The molecule has 2 rings (SSSR count). The van der Waals surface area contributed by atoms with Crippen molar-refractivity contribution in [1.82, 2.24) is 4.98 Å². The summed E-state index contributed by atoms with van der Waals surface area (Å²) in [5.74, 6) is 0. The van der Waals surface area contributed by atoms with E-state index in [1.807, 2.05) is 11.3 Å². The Labute approximate surface area is 114 Å². The Morgan fingerprint density at radius 1 is 1.00 bits per heavy atom. The van der Waals surface area contributed by atoms with Gasteiger partial charge in [-0.3, -0.25) is 0 Å². The first-order valence-corrected chi connectivity index (χ1v) is 7.66. The van der Waals surface area contributed by atoms with Crippen LogP contribution in [0.4, 0.5) is 0 Å². The summed E-state index contributed by atoms with van der Waals surface area (Å²) in [5, 5.41) is 1.32. The van der Waals surface area contributed by atoms with Crippen molar-refractivity contribution >= 4 is 11.3 Å². The monoisotopic (exact) mass is 259 g/mol. The van der Waals surface area contributed by atoms with Crippen LogP contribution in [0.15, 0.2) is 30.3 Å². The number of thiazole rings is 1. The molecular weight excluding hydrogens is 238 g/mol. The first kappa shape index (κ1) is 13.3. The fourth-order valence-corrected chi connectivity index (χ4v) is 3.32. The molecule has 0 amide bonds. The standard InChI is InChI=1S/C16H21NS/c1-3-14-15(4-2)18-16(17-14)12-8-11-13-9-6-5-7-10-13/h5-7,9-10H,3-4,8,11-12H2,1-2H3. The summed E-state index contributed by atoms with van der Waals surface area (Å²) in [5.41, 5.74) is 2.75. The number of hydrogen-bond donors (Lipinski definition) is 0. The van der Waals surface area contributed by atoms with Gasteiger partial charge < -0.3 is 0 Å². The van der Waals surface area contributed by atoms with Crippen LogP contribution in [0.5, 0.6) is 0 Å². The fraction of sp³-hybridized carbons (Fsp3) is 0.438. The third kappa shape index (κ3) is 3.42. The fourth-order valence-electron chi connectivity index (χ4n) is 2.18. The molecule has 96 valence electrons. The zero-order chi connectivity index (χ0) is 12.8. The predicted molar refractivity (Wildman–Crippen MR) is 79.3 cm³/mol. The lowest BCUT2D eigenvalue weighted by Gasteiger charge is -1.99. The quantitative estimate of drug-likeness (QED) is 0.747. The number of hydrogen-bond acceptors (Lipinski definition) is 2. The van der Waals surface area contributed by atoms with Gasteiger partial charge in [-0.2, -0.15) is 0 Å². The summed E-state index contributed by atoms with van der Waals surface area (Å²) in [4.78, 5) is 6.23.